The second-order valence-electron chi connectivity index (χ2n) is 7.82. The molecule has 5 rings (SSSR count). The topological polar surface area (TPSA) is 84.7 Å². The van der Waals surface area contributed by atoms with Gasteiger partial charge in [0.25, 0.3) is 0 Å². The van der Waals surface area contributed by atoms with E-state index in [2.05, 4.69) is 20.6 Å². The number of amides is 1. The van der Waals surface area contributed by atoms with Crippen LogP contribution in [0.1, 0.15) is 5.56 Å². The molecule has 1 N–H and O–H groups in total. The average Bonchev–Trinajstić information content (AvgIpc) is 3.28. The summed E-state index contributed by atoms with van der Waals surface area (Å²) in [6.07, 6.45) is 0.499. The van der Waals surface area contributed by atoms with Gasteiger partial charge < -0.3 is 15.0 Å². The average molecular weight is 446 g/mol. The van der Waals surface area contributed by atoms with Gasteiger partial charge in [-0.1, -0.05) is 42.5 Å². The number of aromatic nitrogens is 4. The largest absolute Gasteiger partial charge is 0.378 e. The predicted molar refractivity (Wildman–Crippen MR) is 121 cm³/mol. The number of hydrogen-bond acceptors (Lipinski definition) is 6. The third-order valence-corrected chi connectivity index (χ3v) is 5.60. The van der Waals surface area contributed by atoms with E-state index in [1.54, 1.807) is 30.3 Å². The van der Waals surface area contributed by atoms with Crippen LogP contribution < -0.4 is 5.32 Å². The molecule has 4 aromatic rings. The second-order valence-corrected chi connectivity index (χ2v) is 7.82. The summed E-state index contributed by atoms with van der Waals surface area (Å²) >= 11 is 0. The van der Waals surface area contributed by atoms with Crippen molar-refractivity contribution in [3.8, 4) is 11.4 Å². The van der Waals surface area contributed by atoms with Gasteiger partial charge in [-0.05, 0) is 29.8 Å². The van der Waals surface area contributed by atoms with E-state index in [9.17, 15) is 9.18 Å². The number of fused-ring (bicyclic) bond motifs is 1. The molecule has 0 radical (unpaired) electrons. The SMILES string of the molecule is O=C(C(Cc1ccccc1)Nc1ccc2nnc(-c3ccccc3F)n2n1)N1CCOCC1. The zero-order valence-corrected chi connectivity index (χ0v) is 17.9. The van der Waals surface area contributed by atoms with Gasteiger partial charge in [-0.15, -0.1) is 15.3 Å². The number of nitrogens with one attached hydrogen (secondary N) is 1. The highest BCUT2D eigenvalue weighted by Gasteiger charge is 2.27. The number of nitrogens with zero attached hydrogens (tertiary/aromatic N) is 5. The number of hydrogen-bond donors (Lipinski definition) is 1. The number of benzene rings is 2. The molecule has 2 aromatic carbocycles. The molecule has 168 valence electrons. The fourth-order valence-corrected chi connectivity index (χ4v) is 3.91. The third kappa shape index (κ3) is 4.54. The summed E-state index contributed by atoms with van der Waals surface area (Å²) in [6, 6.07) is 19.2. The normalized spacial score (nSPS) is 14.9. The number of rotatable bonds is 6. The van der Waals surface area contributed by atoms with Gasteiger partial charge in [-0.2, -0.15) is 4.52 Å². The molecule has 1 atom stereocenters. The molecular weight excluding hydrogens is 423 g/mol. The molecule has 1 saturated heterocycles. The summed E-state index contributed by atoms with van der Waals surface area (Å²) in [5.74, 6) is 0.354. The van der Waals surface area contributed by atoms with Crippen LogP contribution in [0.5, 0.6) is 0 Å². The summed E-state index contributed by atoms with van der Waals surface area (Å²) in [7, 11) is 0. The molecule has 0 spiro atoms. The molecule has 0 aliphatic carbocycles. The van der Waals surface area contributed by atoms with Crippen LogP contribution in [-0.2, 0) is 16.0 Å². The van der Waals surface area contributed by atoms with Crippen LogP contribution in [0, 0.1) is 5.82 Å². The van der Waals surface area contributed by atoms with Crippen LogP contribution in [0.15, 0.2) is 66.7 Å². The molecule has 3 heterocycles. The Kier molecular flexibility index (Phi) is 5.95. The second kappa shape index (κ2) is 9.33. The minimum atomic E-state index is -0.524. The minimum absolute atomic E-state index is 0.0119. The van der Waals surface area contributed by atoms with Crippen LogP contribution in [0.25, 0.3) is 17.0 Å². The van der Waals surface area contributed by atoms with Gasteiger partial charge in [-0.3, -0.25) is 4.79 Å². The first-order valence-corrected chi connectivity index (χ1v) is 10.8. The number of morpholine rings is 1. The summed E-state index contributed by atoms with van der Waals surface area (Å²) in [4.78, 5) is 15.2. The molecular formula is C24H23FN6O2. The smallest absolute Gasteiger partial charge is 0.245 e. The molecule has 9 heteroatoms. The predicted octanol–water partition coefficient (Wildman–Crippen LogP) is 2.81. The van der Waals surface area contributed by atoms with Crippen molar-refractivity contribution in [2.45, 2.75) is 12.5 Å². The molecule has 1 aliphatic rings. The van der Waals surface area contributed by atoms with Gasteiger partial charge in [0.1, 0.15) is 17.7 Å². The number of anilines is 1. The Morgan fingerprint density at radius 3 is 2.55 bits per heavy atom. The van der Waals surface area contributed by atoms with Gasteiger partial charge in [0.05, 0.1) is 18.8 Å². The van der Waals surface area contributed by atoms with Gasteiger partial charge in [-0.25, -0.2) is 4.39 Å². The lowest BCUT2D eigenvalue weighted by Gasteiger charge is -2.31. The van der Waals surface area contributed by atoms with Crippen molar-refractivity contribution in [1.82, 2.24) is 24.7 Å². The maximum Gasteiger partial charge on any atom is 0.245 e. The van der Waals surface area contributed by atoms with Gasteiger partial charge in [0, 0.05) is 19.5 Å². The van der Waals surface area contributed by atoms with Crippen LogP contribution in [0.2, 0.25) is 0 Å². The quantitative estimate of drug-likeness (QED) is 0.490. The highest BCUT2D eigenvalue weighted by Crippen LogP contribution is 2.22. The monoisotopic (exact) mass is 446 g/mol. The van der Waals surface area contributed by atoms with Gasteiger partial charge in [0.2, 0.25) is 5.91 Å². The fourth-order valence-electron chi connectivity index (χ4n) is 3.91. The molecule has 8 nitrogen and oxygen atoms in total. The highest BCUT2D eigenvalue weighted by atomic mass is 19.1. The fraction of sp³-hybridized carbons (Fsp3) is 0.250. The lowest BCUT2D eigenvalue weighted by molar-refractivity contribution is -0.136. The molecule has 0 bridgehead atoms. The molecule has 1 amide bonds. The van der Waals surface area contributed by atoms with Gasteiger partial charge in [0.15, 0.2) is 11.5 Å². The van der Waals surface area contributed by atoms with Crippen molar-refractivity contribution in [2.24, 2.45) is 0 Å². The summed E-state index contributed by atoms with van der Waals surface area (Å²) in [6.45, 7) is 2.17. The Labute approximate surface area is 190 Å². The lowest BCUT2D eigenvalue weighted by atomic mass is 10.0. The maximum absolute atomic E-state index is 14.4. The molecule has 1 fully saturated rings. The molecule has 1 aliphatic heterocycles. The van der Waals surface area contributed by atoms with E-state index in [-0.39, 0.29) is 5.91 Å². The summed E-state index contributed by atoms with van der Waals surface area (Å²) in [5, 5.41) is 16.1. The van der Waals surface area contributed by atoms with Gasteiger partial charge >= 0.3 is 0 Å². The standard InChI is InChI=1S/C24H23FN6O2/c25-19-9-5-4-8-18(19)23-28-27-22-11-10-21(29-31(22)23)26-20(16-17-6-2-1-3-7-17)24(32)30-12-14-33-15-13-30/h1-11,20H,12-16H2,(H,26,29). The summed E-state index contributed by atoms with van der Waals surface area (Å²) in [5.41, 5.74) is 1.83. The Hall–Kier alpha value is -3.85. The number of ether oxygens (including phenoxy) is 1. The van der Waals surface area contributed by atoms with Crippen molar-refractivity contribution in [3.63, 3.8) is 0 Å². The molecule has 2 aromatic heterocycles. The Balaban J connectivity index is 1.46. The first-order valence-electron chi connectivity index (χ1n) is 10.8. The summed E-state index contributed by atoms with van der Waals surface area (Å²) < 4.78 is 21.2. The molecule has 1 unspecified atom stereocenters. The van der Waals surface area contributed by atoms with E-state index in [0.29, 0.717) is 55.6 Å². The van der Waals surface area contributed by atoms with Crippen molar-refractivity contribution >= 4 is 17.4 Å². The number of halogens is 1. The Morgan fingerprint density at radius 2 is 1.76 bits per heavy atom. The number of carbonyl (C=O) groups excluding carboxylic acids is 1. The van der Waals surface area contributed by atoms with E-state index in [0.717, 1.165) is 5.56 Å². The lowest BCUT2D eigenvalue weighted by Crippen LogP contribution is -2.48. The van der Waals surface area contributed by atoms with E-state index in [4.69, 9.17) is 4.74 Å². The Bertz CT molecular complexity index is 1260. The van der Waals surface area contributed by atoms with E-state index < -0.39 is 11.9 Å². The highest BCUT2D eigenvalue weighted by molar-refractivity contribution is 5.85. The minimum Gasteiger partial charge on any atom is -0.378 e. The number of carbonyl (C=O) groups is 1. The Morgan fingerprint density at radius 1 is 1.00 bits per heavy atom. The zero-order valence-electron chi connectivity index (χ0n) is 17.9. The van der Waals surface area contributed by atoms with Crippen molar-refractivity contribution in [2.75, 3.05) is 31.6 Å². The van der Waals surface area contributed by atoms with E-state index in [1.165, 1.54) is 10.6 Å². The first kappa shape index (κ1) is 21.0. The van der Waals surface area contributed by atoms with Crippen LogP contribution in [-0.4, -0.2) is 63.0 Å². The van der Waals surface area contributed by atoms with Crippen molar-refractivity contribution in [3.05, 3.63) is 78.1 Å². The molecule has 33 heavy (non-hydrogen) atoms. The first-order chi connectivity index (χ1) is 16.2. The van der Waals surface area contributed by atoms with Crippen LogP contribution >= 0.6 is 0 Å². The third-order valence-electron chi connectivity index (χ3n) is 5.60. The van der Waals surface area contributed by atoms with E-state index >= 15 is 0 Å². The van der Waals surface area contributed by atoms with Crippen LogP contribution in [0.3, 0.4) is 0 Å². The van der Waals surface area contributed by atoms with E-state index in [1.807, 2.05) is 35.2 Å². The molecule has 0 saturated carbocycles. The van der Waals surface area contributed by atoms with Crippen molar-refractivity contribution in [1.29, 1.82) is 0 Å². The zero-order chi connectivity index (χ0) is 22.6. The van der Waals surface area contributed by atoms with Crippen LogP contribution in [0.4, 0.5) is 10.2 Å². The maximum atomic E-state index is 14.4. The van der Waals surface area contributed by atoms with Crippen molar-refractivity contribution < 1.29 is 13.9 Å².